The molecular weight excluding hydrogens is 499 g/mol. The summed E-state index contributed by atoms with van der Waals surface area (Å²) >= 11 is 13.7. The van der Waals surface area contributed by atoms with Crippen LogP contribution in [0.5, 0.6) is 0 Å². The fourth-order valence-corrected chi connectivity index (χ4v) is 4.88. The molecule has 1 N–H and O–H groups in total. The van der Waals surface area contributed by atoms with E-state index in [2.05, 4.69) is 5.32 Å². The van der Waals surface area contributed by atoms with Crippen LogP contribution in [0.15, 0.2) is 78.9 Å². The number of nitrogens with zero attached hydrogens (tertiary/aromatic N) is 1. The van der Waals surface area contributed by atoms with E-state index in [1.165, 1.54) is 11.8 Å². The Morgan fingerprint density at radius 3 is 2.20 bits per heavy atom. The molecule has 0 heterocycles. The van der Waals surface area contributed by atoms with Gasteiger partial charge in [-0.05, 0) is 54.8 Å². The summed E-state index contributed by atoms with van der Waals surface area (Å²) in [5.74, 6) is 0.654. The number of hydrogen-bond donors (Lipinski definition) is 1. The molecule has 7 heteroatoms. The molecule has 0 bridgehead atoms. The number of thioether (sulfide) groups is 1. The van der Waals surface area contributed by atoms with Gasteiger partial charge >= 0.3 is 0 Å². The van der Waals surface area contributed by atoms with E-state index in [4.69, 9.17) is 23.2 Å². The Labute approximate surface area is 222 Å². The van der Waals surface area contributed by atoms with Crippen LogP contribution in [0.4, 0.5) is 0 Å². The molecule has 0 unspecified atom stereocenters. The van der Waals surface area contributed by atoms with Gasteiger partial charge in [-0.2, -0.15) is 0 Å². The Hall–Kier alpha value is -2.47. The van der Waals surface area contributed by atoms with Gasteiger partial charge in [0.2, 0.25) is 11.8 Å². The van der Waals surface area contributed by atoms with E-state index in [-0.39, 0.29) is 23.6 Å². The van der Waals surface area contributed by atoms with Crippen LogP contribution >= 0.6 is 35.0 Å². The summed E-state index contributed by atoms with van der Waals surface area (Å²) in [6.07, 6.45) is 0.428. The molecule has 4 nitrogen and oxygen atoms in total. The summed E-state index contributed by atoms with van der Waals surface area (Å²) in [6, 6.07) is 24.1. The molecule has 35 heavy (non-hydrogen) atoms. The van der Waals surface area contributed by atoms with E-state index in [0.29, 0.717) is 28.8 Å². The topological polar surface area (TPSA) is 49.4 Å². The van der Waals surface area contributed by atoms with Gasteiger partial charge in [0, 0.05) is 34.8 Å². The van der Waals surface area contributed by atoms with Crippen LogP contribution in [0, 0.1) is 0 Å². The summed E-state index contributed by atoms with van der Waals surface area (Å²) in [7, 11) is 0. The molecule has 0 aliphatic carbocycles. The van der Waals surface area contributed by atoms with Crippen molar-refractivity contribution in [2.45, 2.75) is 44.6 Å². The second kappa shape index (κ2) is 13.6. The van der Waals surface area contributed by atoms with Crippen LogP contribution in [0.1, 0.15) is 30.5 Å². The summed E-state index contributed by atoms with van der Waals surface area (Å²) in [4.78, 5) is 28.6. The van der Waals surface area contributed by atoms with Crippen molar-refractivity contribution in [3.05, 3.63) is 106 Å². The summed E-state index contributed by atoms with van der Waals surface area (Å²) in [5, 5.41) is 4.31. The highest BCUT2D eigenvalue weighted by molar-refractivity contribution is 7.99. The molecule has 0 spiro atoms. The molecule has 184 valence electrons. The number of benzene rings is 3. The predicted molar refractivity (Wildman–Crippen MR) is 147 cm³/mol. The lowest BCUT2D eigenvalue weighted by atomic mass is 10.0. The van der Waals surface area contributed by atoms with Gasteiger partial charge in [-0.3, -0.25) is 9.59 Å². The van der Waals surface area contributed by atoms with Crippen LogP contribution < -0.4 is 5.32 Å². The molecule has 0 saturated heterocycles. The zero-order valence-corrected chi connectivity index (χ0v) is 22.2. The van der Waals surface area contributed by atoms with Crippen molar-refractivity contribution in [1.29, 1.82) is 0 Å². The Balaban J connectivity index is 1.84. The minimum Gasteiger partial charge on any atom is -0.352 e. The van der Waals surface area contributed by atoms with Crippen molar-refractivity contribution in [2.75, 3.05) is 5.75 Å². The van der Waals surface area contributed by atoms with Gasteiger partial charge in [0.05, 0.1) is 5.75 Å². The molecule has 3 aromatic carbocycles. The van der Waals surface area contributed by atoms with Crippen LogP contribution in [0.3, 0.4) is 0 Å². The van der Waals surface area contributed by atoms with Gasteiger partial charge in [0.1, 0.15) is 6.04 Å². The third kappa shape index (κ3) is 8.92. The fourth-order valence-electron chi connectivity index (χ4n) is 3.69. The number of carbonyl (C=O) groups is 2. The van der Waals surface area contributed by atoms with Crippen LogP contribution in [0.2, 0.25) is 10.0 Å². The van der Waals surface area contributed by atoms with Crippen molar-refractivity contribution in [3.63, 3.8) is 0 Å². The number of hydrogen-bond acceptors (Lipinski definition) is 3. The van der Waals surface area contributed by atoms with E-state index in [1.54, 1.807) is 17.0 Å². The van der Waals surface area contributed by atoms with E-state index >= 15 is 0 Å². The number of rotatable bonds is 11. The van der Waals surface area contributed by atoms with Crippen molar-refractivity contribution in [2.24, 2.45) is 0 Å². The maximum Gasteiger partial charge on any atom is 0.243 e. The molecule has 0 saturated carbocycles. The van der Waals surface area contributed by atoms with Gasteiger partial charge < -0.3 is 10.2 Å². The minimum atomic E-state index is -0.644. The van der Waals surface area contributed by atoms with Crippen LogP contribution in [0.25, 0.3) is 0 Å². The lowest BCUT2D eigenvalue weighted by Crippen LogP contribution is -2.52. The molecular formula is C28H30Cl2N2O2S. The first-order valence-corrected chi connectivity index (χ1v) is 13.4. The van der Waals surface area contributed by atoms with Gasteiger partial charge in [0.25, 0.3) is 0 Å². The molecule has 0 radical (unpaired) electrons. The van der Waals surface area contributed by atoms with Gasteiger partial charge in [-0.15, -0.1) is 11.8 Å². The van der Waals surface area contributed by atoms with Crippen molar-refractivity contribution in [3.8, 4) is 0 Å². The van der Waals surface area contributed by atoms with E-state index in [9.17, 15) is 9.59 Å². The zero-order valence-electron chi connectivity index (χ0n) is 19.9. The second-order valence-electron chi connectivity index (χ2n) is 8.64. The van der Waals surface area contributed by atoms with Gasteiger partial charge in [-0.25, -0.2) is 0 Å². The zero-order chi connectivity index (χ0) is 25.2. The molecule has 0 aliphatic heterocycles. The summed E-state index contributed by atoms with van der Waals surface area (Å²) < 4.78 is 0. The highest BCUT2D eigenvalue weighted by atomic mass is 35.5. The summed E-state index contributed by atoms with van der Waals surface area (Å²) in [6.45, 7) is 4.16. The first kappa shape index (κ1) is 27.1. The minimum absolute atomic E-state index is 0.0366. The molecule has 3 rings (SSSR count). The average Bonchev–Trinajstić information content (AvgIpc) is 2.82. The van der Waals surface area contributed by atoms with Crippen molar-refractivity contribution < 1.29 is 9.59 Å². The third-order valence-electron chi connectivity index (χ3n) is 5.35. The van der Waals surface area contributed by atoms with Crippen LogP contribution in [-0.2, 0) is 28.3 Å². The standard InChI is InChI=1S/C28H30Cl2N2O2S/c1-20(2)31-28(34)26(16-21-7-4-3-5-8-21)32(17-22-11-13-24(29)14-12-22)27(33)19-35-18-23-9-6-10-25(30)15-23/h3-15,20,26H,16-19H2,1-2H3,(H,31,34)/t26-/m0/s1. The number of nitrogens with one attached hydrogen (secondary N) is 1. The van der Waals surface area contributed by atoms with E-state index in [0.717, 1.165) is 16.7 Å². The summed E-state index contributed by atoms with van der Waals surface area (Å²) in [5.41, 5.74) is 2.97. The van der Waals surface area contributed by atoms with Crippen molar-refractivity contribution in [1.82, 2.24) is 10.2 Å². The number of amides is 2. The quantitative estimate of drug-likeness (QED) is 0.313. The second-order valence-corrected chi connectivity index (χ2v) is 10.5. The Bertz CT molecular complexity index is 1110. The lowest BCUT2D eigenvalue weighted by Gasteiger charge is -2.32. The monoisotopic (exact) mass is 528 g/mol. The third-order valence-corrected chi connectivity index (χ3v) is 6.83. The molecule has 2 amide bonds. The molecule has 3 aromatic rings. The SMILES string of the molecule is CC(C)NC(=O)[C@H](Cc1ccccc1)N(Cc1ccc(Cl)cc1)C(=O)CSCc1cccc(Cl)c1. The maximum absolute atomic E-state index is 13.6. The van der Waals surface area contributed by atoms with E-state index < -0.39 is 6.04 Å². The fraction of sp³-hybridized carbons (Fsp3) is 0.286. The number of carbonyl (C=O) groups excluding carboxylic acids is 2. The highest BCUT2D eigenvalue weighted by Gasteiger charge is 2.30. The molecule has 0 aromatic heterocycles. The normalized spacial score (nSPS) is 11.8. The Morgan fingerprint density at radius 1 is 0.857 bits per heavy atom. The Kier molecular flexibility index (Phi) is 10.5. The number of halogens is 2. The molecule has 1 atom stereocenters. The average molecular weight is 530 g/mol. The molecule has 0 fully saturated rings. The van der Waals surface area contributed by atoms with Crippen molar-refractivity contribution >= 4 is 46.8 Å². The van der Waals surface area contributed by atoms with E-state index in [1.807, 2.05) is 80.6 Å². The first-order valence-electron chi connectivity index (χ1n) is 11.5. The smallest absolute Gasteiger partial charge is 0.243 e. The van der Waals surface area contributed by atoms with Crippen LogP contribution in [-0.4, -0.2) is 34.6 Å². The largest absolute Gasteiger partial charge is 0.352 e. The van der Waals surface area contributed by atoms with Gasteiger partial charge in [-0.1, -0.05) is 77.8 Å². The highest BCUT2D eigenvalue weighted by Crippen LogP contribution is 2.21. The first-order chi connectivity index (χ1) is 16.8. The Morgan fingerprint density at radius 2 is 1.54 bits per heavy atom. The van der Waals surface area contributed by atoms with Gasteiger partial charge in [0.15, 0.2) is 0 Å². The lowest BCUT2D eigenvalue weighted by molar-refractivity contribution is -0.139. The predicted octanol–water partition coefficient (Wildman–Crippen LogP) is 6.39. The molecule has 0 aliphatic rings. The maximum atomic E-state index is 13.6.